The molecule has 0 aliphatic carbocycles. The lowest BCUT2D eigenvalue weighted by molar-refractivity contribution is 0.359. The molecule has 6 heteroatoms. The van der Waals surface area contributed by atoms with Crippen molar-refractivity contribution in [2.45, 2.75) is 33.2 Å². The lowest BCUT2D eigenvalue weighted by Crippen LogP contribution is -2.02. The number of pyridine rings is 1. The van der Waals surface area contributed by atoms with Crippen molar-refractivity contribution in [1.82, 2.24) is 24.9 Å². The number of hydrogen-bond donors (Lipinski definition) is 0. The van der Waals surface area contributed by atoms with Crippen LogP contribution in [0.15, 0.2) is 59.5 Å². The van der Waals surface area contributed by atoms with E-state index in [1.54, 1.807) is 0 Å². The highest BCUT2D eigenvalue weighted by atomic mass is 16.5. The molecule has 0 aliphatic rings. The van der Waals surface area contributed by atoms with Crippen LogP contribution in [0.1, 0.15) is 37.0 Å². The minimum Gasteiger partial charge on any atom is -0.339 e. The molecule has 0 saturated carbocycles. The van der Waals surface area contributed by atoms with Crippen LogP contribution in [-0.2, 0) is 6.54 Å². The first-order valence-corrected chi connectivity index (χ1v) is 8.97. The minimum absolute atomic E-state index is 0.221. The molecule has 0 bridgehead atoms. The SMILES string of the molecule is Cc1cnccc1-c1cccc(-c2ccn(Cc3noc(C(C)C)n3)n2)c1. The smallest absolute Gasteiger partial charge is 0.229 e. The summed E-state index contributed by atoms with van der Waals surface area (Å²) in [6.45, 7) is 6.61. The van der Waals surface area contributed by atoms with Gasteiger partial charge in [-0.05, 0) is 41.8 Å². The minimum atomic E-state index is 0.221. The molecule has 3 heterocycles. The molecule has 0 atom stereocenters. The van der Waals surface area contributed by atoms with E-state index in [1.165, 1.54) is 5.56 Å². The summed E-state index contributed by atoms with van der Waals surface area (Å²) >= 11 is 0. The van der Waals surface area contributed by atoms with Crippen molar-refractivity contribution >= 4 is 0 Å². The fourth-order valence-electron chi connectivity index (χ4n) is 2.96. The summed E-state index contributed by atoms with van der Waals surface area (Å²) < 4.78 is 7.09. The van der Waals surface area contributed by atoms with Gasteiger partial charge in [0.15, 0.2) is 5.82 Å². The van der Waals surface area contributed by atoms with Crippen LogP contribution in [0.3, 0.4) is 0 Å². The maximum absolute atomic E-state index is 5.26. The molecule has 0 aliphatic heterocycles. The molecular formula is C21H21N5O. The van der Waals surface area contributed by atoms with Gasteiger partial charge >= 0.3 is 0 Å². The van der Waals surface area contributed by atoms with Gasteiger partial charge in [-0.15, -0.1) is 0 Å². The fourth-order valence-corrected chi connectivity index (χ4v) is 2.96. The summed E-state index contributed by atoms with van der Waals surface area (Å²) in [7, 11) is 0. The highest BCUT2D eigenvalue weighted by molar-refractivity contribution is 5.72. The monoisotopic (exact) mass is 359 g/mol. The van der Waals surface area contributed by atoms with Crippen LogP contribution in [0.25, 0.3) is 22.4 Å². The summed E-state index contributed by atoms with van der Waals surface area (Å²) in [6, 6.07) is 12.4. The van der Waals surface area contributed by atoms with Crippen LogP contribution in [0.4, 0.5) is 0 Å². The van der Waals surface area contributed by atoms with E-state index < -0.39 is 0 Å². The van der Waals surface area contributed by atoms with Gasteiger partial charge in [-0.1, -0.05) is 37.2 Å². The van der Waals surface area contributed by atoms with E-state index in [1.807, 2.05) is 49.3 Å². The van der Waals surface area contributed by atoms with Crippen molar-refractivity contribution in [2.24, 2.45) is 0 Å². The Morgan fingerprint density at radius 3 is 2.74 bits per heavy atom. The van der Waals surface area contributed by atoms with E-state index in [0.717, 1.165) is 22.4 Å². The molecule has 27 heavy (non-hydrogen) atoms. The van der Waals surface area contributed by atoms with Gasteiger partial charge in [-0.25, -0.2) is 0 Å². The second-order valence-electron chi connectivity index (χ2n) is 6.87. The van der Waals surface area contributed by atoms with Gasteiger partial charge in [0.25, 0.3) is 0 Å². The average Bonchev–Trinajstić information content (AvgIpc) is 3.32. The van der Waals surface area contributed by atoms with E-state index >= 15 is 0 Å². The standard InChI is InChI=1S/C21H21N5O/c1-14(2)21-23-20(25-27-21)13-26-10-8-19(24-26)17-6-4-5-16(11-17)18-7-9-22-12-15(18)3/h4-12,14H,13H2,1-3H3. The van der Waals surface area contributed by atoms with Crippen molar-refractivity contribution in [1.29, 1.82) is 0 Å². The molecule has 1 aromatic carbocycles. The number of aryl methyl sites for hydroxylation is 1. The van der Waals surface area contributed by atoms with Crippen LogP contribution >= 0.6 is 0 Å². The Kier molecular flexibility index (Phi) is 4.54. The molecular weight excluding hydrogens is 338 g/mol. The number of hydrogen-bond acceptors (Lipinski definition) is 5. The molecule has 0 spiro atoms. The molecule has 136 valence electrons. The van der Waals surface area contributed by atoms with Gasteiger partial charge in [-0.3, -0.25) is 9.67 Å². The molecule has 0 radical (unpaired) electrons. The van der Waals surface area contributed by atoms with E-state index in [2.05, 4.69) is 51.4 Å². The lowest BCUT2D eigenvalue weighted by atomic mass is 10.00. The molecule has 3 aromatic heterocycles. The Balaban J connectivity index is 1.58. The van der Waals surface area contributed by atoms with E-state index in [0.29, 0.717) is 18.3 Å². The number of benzene rings is 1. The summed E-state index contributed by atoms with van der Waals surface area (Å²) in [5, 5.41) is 8.70. The molecule has 4 rings (SSSR count). The van der Waals surface area contributed by atoms with Crippen LogP contribution in [0, 0.1) is 6.92 Å². The molecule has 0 unspecified atom stereocenters. The molecule has 4 aromatic rings. The van der Waals surface area contributed by atoms with Gasteiger partial charge in [0, 0.05) is 30.1 Å². The number of aromatic nitrogens is 5. The van der Waals surface area contributed by atoms with Gasteiger partial charge in [0.2, 0.25) is 5.89 Å². The molecule has 0 amide bonds. The zero-order valence-electron chi connectivity index (χ0n) is 15.6. The summed E-state index contributed by atoms with van der Waals surface area (Å²) in [6.07, 6.45) is 5.64. The first kappa shape index (κ1) is 17.1. The first-order chi connectivity index (χ1) is 13.1. The Morgan fingerprint density at radius 1 is 1.11 bits per heavy atom. The van der Waals surface area contributed by atoms with Crippen molar-refractivity contribution in [3.63, 3.8) is 0 Å². The number of nitrogens with zero attached hydrogens (tertiary/aromatic N) is 5. The Bertz CT molecular complexity index is 1060. The van der Waals surface area contributed by atoms with Crippen LogP contribution in [-0.4, -0.2) is 24.9 Å². The van der Waals surface area contributed by atoms with Crippen LogP contribution < -0.4 is 0 Å². The summed E-state index contributed by atoms with van der Waals surface area (Å²) in [5.74, 6) is 1.51. The zero-order valence-corrected chi connectivity index (χ0v) is 15.6. The normalized spacial score (nSPS) is 11.3. The predicted molar refractivity (Wildman–Crippen MR) is 103 cm³/mol. The van der Waals surface area contributed by atoms with Gasteiger partial charge in [0.05, 0.1) is 5.69 Å². The van der Waals surface area contributed by atoms with Crippen molar-refractivity contribution in [3.05, 3.63) is 72.3 Å². The molecule has 0 fully saturated rings. The van der Waals surface area contributed by atoms with Gasteiger partial charge in [-0.2, -0.15) is 10.1 Å². The Hall–Kier alpha value is -3.28. The second-order valence-corrected chi connectivity index (χ2v) is 6.87. The molecule has 0 saturated heterocycles. The van der Waals surface area contributed by atoms with Gasteiger partial charge in [0.1, 0.15) is 6.54 Å². The molecule has 0 N–H and O–H groups in total. The predicted octanol–water partition coefficient (Wildman–Crippen LogP) is 4.48. The zero-order chi connectivity index (χ0) is 18.8. The summed E-state index contributed by atoms with van der Waals surface area (Å²) in [4.78, 5) is 8.58. The average molecular weight is 359 g/mol. The lowest BCUT2D eigenvalue weighted by Gasteiger charge is -2.06. The fraction of sp³-hybridized carbons (Fsp3) is 0.238. The van der Waals surface area contributed by atoms with Crippen molar-refractivity contribution < 1.29 is 4.52 Å². The third-order valence-electron chi connectivity index (χ3n) is 4.41. The number of rotatable bonds is 5. The van der Waals surface area contributed by atoms with Crippen molar-refractivity contribution in [3.8, 4) is 22.4 Å². The molecule has 6 nitrogen and oxygen atoms in total. The van der Waals surface area contributed by atoms with Gasteiger partial charge < -0.3 is 4.52 Å². The Labute approximate surface area is 157 Å². The van der Waals surface area contributed by atoms with Crippen LogP contribution in [0.2, 0.25) is 0 Å². The highest BCUT2D eigenvalue weighted by Crippen LogP contribution is 2.27. The summed E-state index contributed by atoms with van der Waals surface area (Å²) in [5.41, 5.74) is 5.47. The highest BCUT2D eigenvalue weighted by Gasteiger charge is 2.11. The Morgan fingerprint density at radius 2 is 1.96 bits per heavy atom. The second kappa shape index (κ2) is 7.15. The maximum Gasteiger partial charge on any atom is 0.229 e. The third kappa shape index (κ3) is 3.65. The van der Waals surface area contributed by atoms with E-state index in [-0.39, 0.29) is 5.92 Å². The first-order valence-electron chi connectivity index (χ1n) is 8.97. The maximum atomic E-state index is 5.26. The van der Waals surface area contributed by atoms with E-state index in [4.69, 9.17) is 4.52 Å². The topological polar surface area (TPSA) is 69.6 Å². The van der Waals surface area contributed by atoms with E-state index in [9.17, 15) is 0 Å². The van der Waals surface area contributed by atoms with Crippen LogP contribution in [0.5, 0.6) is 0 Å². The van der Waals surface area contributed by atoms with Crippen molar-refractivity contribution in [2.75, 3.05) is 0 Å². The quantitative estimate of drug-likeness (QED) is 0.526. The third-order valence-corrected chi connectivity index (χ3v) is 4.41. The largest absolute Gasteiger partial charge is 0.339 e.